The monoisotopic (exact) mass is 357 g/mol. The van der Waals surface area contributed by atoms with Gasteiger partial charge in [-0.15, -0.1) is 0 Å². The number of benzene rings is 2. The van der Waals surface area contributed by atoms with E-state index in [-0.39, 0.29) is 11.5 Å². The minimum absolute atomic E-state index is 0.0872. The predicted octanol–water partition coefficient (Wildman–Crippen LogP) is 2.11. The van der Waals surface area contributed by atoms with Gasteiger partial charge in [0.2, 0.25) is 0 Å². The highest BCUT2D eigenvalue weighted by atomic mass is 32.2. The van der Waals surface area contributed by atoms with Crippen LogP contribution in [0.5, 0.6) is 11.5 Å². The molecule has 2 aromatic rings. The average molecular weight is 357 g/mol. The molecule has 0 amide bonds. The third-order valence-electron chi connectivity index (χ3n) is 2.53. The summed E-state index contributed by atoms with van der Waals surface area (Å²) in [6.45, 7) is 0. The molecule has 7 nitrogen and oxygen atoms in total. The van der Waals surface area contributed by atoms with E-state index in [1.807, 2.05) is 0 Å². The quantitative estimate of drug-likeness (QED) is 0.791. The fourth-order valence-corrected chi connectivity index (χ4v) is 2.70. The minimum atomic E-state index is -3.70. The van der Waals surface area contributed by atoms with Crippen LogP contribution in [0.15, 0.2) is 48.5 Å². The summed E-state index contributed by atoms with van der Waals surface area (Å²) in [5.74, 6) is 0.174. The van der Waals surface area contributed by atoms with Crippen LogP contribution in [0.2, 0.25) is 0 Å². The second-order valence-corrected chi connectivity index (χ2v) is 7.84. The Bertz CT molecular complexity index is 831. The maximum Gasteiger partial charge on any atom is 0.306 e. The van der Waals surface area contributed by atoms with E-state index in [1.165, 1.54) is 12.1 Å². The van der Waals surface area contributed by atoms with Crippen LogP contribution >= 0.6 is 0 Å². The van der Waals surface area contributed by atoms with Gasteiger partial charge in [0.15, 0.2) is 11.5 Å². The SMILES string of the molecule is CS(=O)(=O)Oc1ccccc1Nc1ccccc1OS(C)(=O)=O. The van der Waals surface area contributed by atoms with Crippen molar-refractivity contribution in [2.45, 2.75) is 0 Å². The van der Waals surface area contributed by atoms with Gasteiger partial charge in [0.25, 0.3) is 0 Å². The number of hydrogen-bond acceptors (Lipinski definition) is 7. The lowest BCUT2D eigenvalue weighted by atomic mass is 10.2. The third-order valence-corrected chi connectivity index (χ3v) is 3.49. The van der Waals surface area contributed by atoms with Gasteiger partial charge in [0, 0.05) is 0 Å². The highest BCUT2D eigenvalue weighted by Gasteiger charge is 2.13. The number of anilines is 2. The zero-order chi connectivity index (χ0) is 17.1. The van der Waals surface area contributed by atoms with Crippen LogP contribution in [-0.4, -0.2) is 29.3 Å². The van der Waals surface area contributed by atoms with E-state index in [9.17, 15) is 16.8 Å². The van der Waals surface area contributed by atoms with Crippen molar-refractivity contribution in [3.8, 4) is 11.5 Å². The van der Waals surface area contributed by atoms with Crippen LogP contribution in [0, 0.1) is 0 Å². The summed E-state index contributed by atoms with van der Waals surface area (Å²) in [4.78, 5) is 0. The van der Waals surface area contributed by atoms with Gasteiger partial charge in [-0.3, -0.25) is 0 Å². The van der Waals surface area contributed by atoms with Crippen molar-refractivity contribution in [1.29, 1.82) is 0 Å². The Kier molecular flexibility index (Phi) is 4.81. The predicted molar refractivity (Wildman–Crippen MR) is 87.1 cm³/mol. The molecule has 0 heterocycles. The molecule has 2 rings (SSSR count). The van der Waals surface area contributed by atoms with Crippen molar-refractivity contribution in [2.24, 2.45) is 0 Å². The van der Waals surface area contributed by atoms with E-state index in [4.69, 9.17) is 8.37 Å². The second kappa shape index (κ2) is 6.47. The van der Waals surface area contributed by atoms with Gasteiger partial charge in [0.05, 0.1) is 23.9 Å². The van der Waals surface area contributed by atoms with Crippen LogP contribution in [0.25, 0.3) is 0 Å². The van der Waals surface area contributed by atoms with E-state index < -0.39 is 20.2 Å². The van der Waals surface area contributed by atoms with Crippen molar-refractivity contribution >= 4 is 31.6 Å². The molecule has 0 aromatic heterocycles. The Hall–Kier alpha value is -2.26. The van der Waals surface area contributed by atoms with Gasteiger partial charge >= 0.3 is 20.2 Å². The van der Waals surface area contributed by atoms with Crippen molar-refractivity contribution in [3.05, 3.63) is 48.5 Å². The van der Waals surface area contributed by atoms with Crippen LogP contribution < -0.4 is 13.7 Å². The molecule has 0 aliphatic heterocycles. The van der Waals surface area contributed by atoms with Crippen LogP contribution in [0.1, 0.15) is 0 Å². The Morgan fingerprint density at radius 2 is 1.04 bits per heavy atom. The first kappa shape index (κ1) is 17.1. The summed E-state index contributed by atoms with van der Waals surface area (Å²) in [6, 6.07) is 12.7. The molecule has 9 heteroatoms. The standard InChI is InChI=1S/C14H15NO6S2/c1-22(16,17)20-13-9-5-3-7-11(13)15-12-8-4-6-10-14(12)21-23(2,18)19/h3-10,15H,1-2H3. The molecule has 0 fully saturated rings. The number of nitrogens with one attached hydrogen (secondary N) is 1. The number of para-hydroxylation sites is 4. The highest BCUT2D eigenvalue weighted by Crippen LogP contribution is 2.33. The zero-order valence-corrected chi connectivity index (χ0v) is 14.0. The molecule has 0 atom stereocenters. The molecule has 0 radical (unpaired) electrons. The van der Waals surface area contributed by atoms with E-state index >= 15 is 0 Å². The van der Waals surface area contributed by atoms with Crippen molar-refractivity contribution < 1.29 is 25.2 Å². The summed E-state index contributed by atoms with van der Waals surface area (Å²) < 4.78 is 55.0. The lowest BCUT2D eigenvalue weighted by Crippen LogP contribution is -2.09. The zero-order valence-electron chi connectivity index (χ0n) is 12.4. The molecule has 0 aliphatic rings. The number of rotatable bonds is 6. The molecule has 23 heavy (non-hydrogen) atoms. The molecule has 2 aromatic carbocycles. The topological polar surface area (TPSA) is 98.8 Å². The number of hydrogen-bond donors (Lipinski definition) is 1. The summed E-state index contributed by atoms with van der Waals surface area (Å²) in [6.07, 6.45) is 1.87. The molecule has 0 aliphatic carbocycles. The second-order valence-electron chi connectivity index (χ2n) is 4.69. The van der Waals surface area contributed by atoms with Crippen LogP contribution in [0.4, 0.5) is 11.4 Å². The third kappa shape index (κ3) is 5.46. The van der Waals surface area contributed by atoms with E-state index in [0.29, 0.717) is 11.4 Å². The smallest absolute Gasteiger partial charge is 0.306 e. The molecule has 0 saturated heterocycles. The molecule has 0 unspecified atom stereocenters. The van der Waals surface area contributed by atoms with Crippen molar-refractivity contribution in [1.82, 2.24) is 0 Å². The highest BCUT2D eigenvalue weighted by molar-refractivity contribution is 7.86. The first-order chi connectivity index (χ1) is 10.6. The largest absolute Gasteiger partial charge is 0.380 e. The Labute approximate surface area is 135 Å². The first-order valence-electron chi connectivity index (χ1n) is 6.38. The van der Waals surface area contributed by atoms with Gasteiger partial charge in [-0.25, -0.2) is 0 Å². The van der Waals surface area contributed by atoms with E-state index in [1.54, 1.807) is 36.4 Å². The fourth-order valence-electron chi connectivity index (χ4n) is 1.76. The Morgan fingerprint density at radius 1 is 0.696 bits per heavy atom. The fraction of sp³-hybridized carbons (Fsp3) is 0.143. The normalized spacial score (nSPS) is 11.7. The molecule has 1 N–H and O–H groups in total. The van der Waals surface area contributed by atoms with Gasteiger partial charge in [-0.05, 0) is 24.3 Å². The van der Waals surface area contributed by atoms with Gasteiger partial charge < -0.3 is 13.7 Å². The van der Waals surface area contributed by atoms with E-state index in [0.717, 1.165) is 12.5 Å². The lowest BCUT2D eigenvalue weighted by molar-refractivity contribution is 0.493. The Morgan fingerprint density at radius 3 is 1.39 bits per heavy atom. The first-order valence-corrected chi connectivity index (χ1v) is 10.0. The van der Waals surface area contributed by atoms with Crippen LogP contribution in [-0.2, 0) is 20.2 Å². The summed E-state index contributed by atoms with van der Waals surface area (Å²) in [7, 11) is -7.40. The lowest BCUT2D eigenvalue weighted by Gasteiger charge is -2.14. The van der Waals surface area contributed by atoms with Gasteiger partial charge in [-0.2, -0.15) is 16.8 Å². The van der Waals surface area contributed by atoms with Crippen LogP contribution in [0.3, 0.4) is 0 Å². The average Bonchev–Trinajstić information content (AvgIpc) is 2.40. The molecule has 0 spiro atoms. The maximum atomic E-state index is 11.3. The van der Waals surface area contributed by atoms with Crippen molar-refractivity contribution in [3.63, 3.8) is 0 Å². The van der Waals surface area contributed by atoms with Crippen molar-refractivity contribution in [2.75, 3.05) is 17.8 Å². The van der Waals surface area contributed by atoms with E-state index in [2.05, 4.69) is 5.32 Å². The molecule has 0 bridgehead atoms. The molecular weight excluding hydrogens is 342 g/mol. The molecule has 0 saturated carbocycles. The van der Waals surface area contributed by atoms with Gasteiger partial charge in [-0.1, -0.05) is 24.3 Å². The van der Waals surface area contributed by atoms with Gasteiger partial charge in [0.1, 0.15) is 0 Å². The minimum Gasteiger partial charge on any atom is -0.380 e. The summed E-state index contributed by atoms with van der Waals surface area (Å²) >= 11 is 0. The molecular formula is C14H15NO6S2. The summed E-state index contributed by atoms with van der Waals surface area (Å²) in [5.41, 5.74) is 0.699. The Balaban J connectivity index is 2.37. The summed E-state index contributed by atoms with van der Waals surface area (Å²) in [5, 5.41) is 2.91. The molecule has 124 valence electrons. The maximum absolute atomic E-state index is 11.3.